The quantitative estimate of drug-likeness (QED) is 0.168. The van der Waals surface area contributed by atoms with Gasteiger partial charge in [-0.3, -0.25) is 24.2 Å². The zero-order chi connectivity index (χ0) is 32.6. The molecular formula is C33H31Cl2N3O6S2. The second-order valence-corrected chi connectivity index (χ2v) is 13.1. The third-order valence-electron chi connectivity index (χ3n) is 7.29. The SMILES string of the molecule is O=C(O)Cc1cccc(NC(=O)CCN2C(=O)C(=Cc3ccc(OCCN4CCOCC4)c(-c4ccc(Cl)cc4Cl)c3)SC2=S)c1. The van der Waals surface area contributed by atoms with E-state index >= 15 is 0 Å². The van der Waals surface area contributed by atoms with Crippen molar-refractivity contribution in [1.82, 2.24) is 9.80 Å². The van der Waals surface area contributed by atoms with Gasteiger partial charge in [0.15, 0.2) is 0 Å². The van der Waals surface area contributed by atoms with E-state index in [0.717, 1.165) is 36.3 Å². The van der Waals surface area contributed by atoms with Gasteiger partial charge in [-0.05, 0) is 53.6 Å². The highest BCUT2D eigenvalue weighted by molar-refractivity contribution is 8.26. The number of hydrogen-bond acceptors (Lipinski definition) is 8. The molecule has 2 heterocycles. The van der Waals surface area contributed by atoms with Gasteiger partial charge in [0.25, 0.3) is 5.91 Å². The van der Waals surface area contributed by atoms with E-state index < -0.39 is 5.97 Å². The van der Waals surface area contributed by atoms with E-state index in [0.29, 0.717) is 56.1 Å². The van der Waals surface area contributed by atoms with E-state index in [1.54, 1.807) is 42.5 Å². The maximum atomic E-state index is 13.3. The second kappa shape index (κ2) is 15.9. The van der Waals surface area contributed by atoms with Gasteiger partial charge in [0.1, 0.15) is 16.7 Å². The molecule has 2 aliphatic rings. The van der Waals surface area contributed by atoms with Crippen LogP contribution in [0.1, 0.15) is 17.5 Å². The van der Waals surface area contributed by atoms with E-state index in [1.807, 2.05) is 24.3 Å². The van der Waals surface area contributed by atoms with E-state index in [9.17, 15) is 14.4 Å². The summed E-state index contributed by atoms with van der Waals surface area (Å²) in [5, 5.41) is 12.8. The van der Waals surface area contributed by atoms with Crippen LogP contribution >= 0.6 is 47.2 Å². The highest BCUT2D eigenvalue weighted by Crippen LogP contribution is 2.39. The van der Waals surface area contributed by atoms with Gasteiger partial charge in [-0.1, -0.05) is 71.4 Å². The maximum Gasteiger partial charge on any atom is 0.307 e. The molecular weight excluding hydrogens is 669 g/mol. The molecule has 0 bridgehead atoms. The number of benzene rings is 3. The molecule has 0 aromatic heterocycles. The van der Waals surface area contributed by atoms with E-state index in [1.165, 1.54) is 16.7 Å². The average Bonchev–Trinajstić information content (AvgIpc) is 3.28. The number of carbonyl (C=O) groups is 3. The first-order chi connectivity index (χ1) is 22.2. The molecule has 46 heavy (non-hydrogen) atoms. The molecule has 2 aliphatic heterocycles. The number of hydrogen-bond donors (Lipinski definition) is 2. The number of halogens is 2. The van der Waals surface area contributed by atoms with Gasteiger partial charge >= 0.3 is 5.97 Å². The molecule has 0 aliphatic carbocycles. The smallest absolute Gasteiger partial charge is 0.307 e. The van der Waals surface area contributed by atoms with Gasteiger partial charge in [0.2, 0.25) is 5.91 Å². The van der Waals surface area contributed by atoms with Crippen molar-refractivity contribution in [2.45, 2.75) is 12.8 Å². The van der Waals surface area contributed by atoms with Crippen molar-refractivity contribution in [2.24, 2.45) is 0 Å². The Morgan fingerprint density at radius 1 is 1.04 bits per heavy atom. The Morgan fingerprint density at radius 3 is 2.61 bits per heavy atom. The normalized spacial score (nSPS) is 16.2. The molecule has 2 saturated heterocycles. The Kier molecular flexibility index (Phi) is 11.7. The fourth-order valence-electron chi connectivity index (χ4n) is 5.01. The van der Waals surface area contributed by atoms with Crippen LogP contribution in [0.3, 0.4) is 0 Å². The Morgan fingerprint density at radius 2 is 1.85 bits per heavy atom. The molecule has 9 nitrogen and oxygen atoms in total. The van der Waals surface area contributed by atoms with E-state index in [-0.39, 0.29) is 31.2 Å². The number of anilines is 1. The van der Waals surface area contributed by atoms with Crippen LogP contribution in [0.4, 0.5) is 5.69 Å². The summed E-state index contributed by atoms with van der Waals surface area (Å²) in [5.74, 6) is -0.913. The van der Waals surface area contributed by atoms with Crippen LogP contribution < -0.4 is 10.1 Å². The van der Waals surface area contributed by atoms with E-state index in [4.69, 9.17) is 50.0 Å². The number of aliphatic carboxylic acids is 1. The predicted molar refractivity (Wildman–Crippen MR) is 186 cm³/mol. The number of thiocarbonyl (C=S) groups is 1. The van der Waals surface area contributed by atoms with Crippen molar-refractivity contribution in [3.63, 3.8) is 0 Å². The Bertz CT molecular complexity index is 1680. The number of nitrogens with one attached hydrogen (secondary N) is 1. The first-order valence-electron chi connectivity index (χ1n) is 14.5. The van der Waals surface area contributed by atoms with Crippen molar-refractivity contribution in [1.29, 1.82) is 0 Å². The van der Waals surface area contributed by atoms with Crippen LogP contribution in [0.5, 0.6) is 5.75 Å². The molecule has 3 aromatic carbocycles. The molecule has 5 rings (SSSR count). The number of morpholine rings is 1. The zero-order valence-corrected chi connectivity index (χ0v) is 27.8. The summed E-state index contributed by atoms with van der Waals surface area (Å²) in [6.07, 6.45) is 1.63. The molecule has 0 radical (unpaired) electrons. The Hall–Kier alpha value is -3.45. The lowest BCUT2D eigenvalue weighted by Crippen LogP contribution is -2.38. The average molecular weight is 701 g/mol. The molecule has 0 saturated carbocycles. The third-order valence-corrected chi connectivity index (χ3v) is 9.22. The van der Waals surface area contributed by atoms with E-state index in [2.05, 4.69) is 10.2 Å². The number of carboxylic acid groups (broad SMARTS) is 1. The first kappa shape index (κ1) is 33.9. The monoisotopic (exact) mass is 699 g/mol. The molecule has 2 N–H and O–H groups in total. The summed E-state index contributed by atoms with van der Waals surface area (Å²) in [4.78, 5) is 41.1. The maximum absolute atomic E-state index is 13.3. The number of carbonyl (C=O) groups excluding carboxylic acids is 2. The zero-order valence-electron chi connectivity index (χ0n) is 24.7. The van der Waals surface area contributed by atoms with Gasteiger partial charge in [0.05, 0.1) is 29.6 Å². The predicted octanol–water partition coefficient (Wildman–Crippen LogP) is 6.23. The van der Waals surface area contributed by atoms with Gasteiger partial charge in [-0.25, -0.2) is 0 Å². The standard InChI is InChI=1S/C33H31Cl2N3O6S2/c34-23-5-6-25(27(35)20-23)26-17-22(4-7-28(26)44-15-12-37-10-13-43-14-11-37)18-29-32(42)38(33(45)46-29)9-8-30(39)36-24-3-1-2-21(16-24)19-31(40)41/h1-7,16-18,20H,8-15,19H2,(H,36,39)(H,40,41). The number of thioether (sulfide) groups is 1. The number of amides is 2. The molecule has 3 aromatic rings. The molecule has 13 heteroatoms. The lowest BCUT2D eigenvalue weighted by molar-refractivity contribution is -0.136. The number of ether oxygens (including phenoxy) is 2. The Balaban J connectivity index is 1.27. The molecule has 240 valence electrons. The number of nitrogens with zero attached hydrogens (tertiary/aromatic N) is 2. The van der Waals surface area contributed by atoms with Crippen LogP contribution in [0, 0.1) is 0 Å². The van der Waals surface area contributed by atoms with Crippen molar-refractivity contribution < 1.29 is 29.0 Å². The van der Waals surface area contributed by atoms with Crippen LogP contribution in [-0.2, 0) is 25.5 Å². The summed E-state index contributed by atoms with van der Waals surface area (Å²) < 4.78 is 12.0. The largest absolute Gasteiger partial charge is 0.492 e. The summed E-state index contributed by atoms with van der Waals surface area (Å²) in [5.41, 5.74) is 3.31. The molecule has 0 unspecified atom stereocenters. The van der Waals surface area contributed by atoms with Gasteiger partial charge < -0.3 is 19.9 Å². The van der Waals surface area contributed by atoms with Crippen molar-refractivity contribution in [3.05, 3.63) is 86.7 Å². The molecule has 0 spiro atoms. The topological polar surface area (TPSA) is 108 Å². The summed E-state index contributed by atoms with van der Waals surface area (Å²) in [7, 11) is 0. The molecule has 2 amide bonds. The van der Waals surface area contributed by atoms with Crippen LogP contribution in [0.15, 0.2) is 65.6 Å². The minimum Gasteiger partial charge on any atom is -0.492 e. The lowest BCUT2D eigenvalue weighted by Gasteiger charge is -2.26. The van der Waals surface area contributed by atoms with Crippen LogP contribution in [0.25, 0.3) is 17.2 Å². The lowest BCUT2D eigenvalue weighted by atomic mass is 10.0. The highest BCUT2D eigenvalue weighted by atomic mass is 35.5. The van der Waals surface area contributed by atoms with Crippen molar-refractivity contribution in [3.8, 4) is 16.9 Å². The molecule has 0 atom stereocenters. The third kappa shape index (κ3) is 9.09. The Labute approximate surface area is 286 Å². The molecule has 2 fully saturated rings. The summed E-state index contributed by atoms with van der Waals surface area (Å²) in [6.45, 7) is 4.50. The van der Waals surface area contributed by atoms with Crippen molar-refractivity contribution in [2.75, 3.05) is 51.3 Å². The van der Waals surface area contributed by atoms with Gasteiger partial charge in [-0.15, -0.1) is 0 Å². The highest BCUT2D eigenvalue weighted by Gasteiger charge is 2.32. The van der Waals surface area contributed by atoms with Crippen LogP contribution in [-0.4, -0.2) is 83.0 Å². The second-order valence-electron chi connectivity index (χ2n) is 10.6. The van der Waals surface area contributed by atoms with Gasteiger partial charge in [-0.2, -0.15) is 0 Å². The number of carboxylic acids is 1. The van der Waals surface area contributed by atoms with Crippen LogP contribution in [0.2, 0.25) is 10.0 Å². The summed E-state index contributed by atoms with van der Waals surface area (Å²) >= 11 is 19.4. The fraction of sp³-hybridized carbons (Fsp3) is 0.273. The summed E-state index contributed by atoms with van der Waals surface area (Å²) in [6, 6.07) is 17.6. The minimum absolute atomic E-state index is 0.0125. The van der Waals surface area contributed by atoms with Gasteiger partial charge in [0, 0.05) is 54.4 Å². The fourth-order valence-corrected chi connectivity index (χ4v) is 6.82. The minimum atomic E-state index is -0.959. The number of rotatable bonds is 12. The van der Waals surface area contributed by atoms with Crippen molar-refractivity contribution >= 4 is 81.0 Å². The first-order valence-corrected chi connectivity index (χ1v) is 16.5.